The Kier molecular flexibility index (Phi) is 6.37. The fraction of sp³-hybridized carbons (Fsp3) is 0.800. The van der Waals surface area contributed by atoms with Crippen molar-refractivity contribution >= 4 is 11.6 Å². The third-order valence-electron chi connectivity index (χ3n) is 5.95. The van der Waals surface area contributed by atoms with Crippen LogP contribution in [0.1, 0.15) is 79.6 Å². The summed E-state index contributed by atoms with van der Waals surface area (Å²) in [5, 5.41) is 10.1. The molecule has 0 radical (unpaired) electrons. The van der Waals surface area contributed by atoms with Crippen LogP contribution >= 0.6 is 0 Å². The van der Waals surface area contributed by atoms with Crippen molar-refractivity contribution in [3.63, 3.8) is 0 Å². The lowest BCUT2D eigenvalue weighted by atomic mass is 9.53. The van der Waals surface area contributed by atoms with Gasteiger partial charge in [0.1, 0.15) is 11.6 Å². The number of hydrogen-bond donors (Lipinski definition) is 1. The highest BCUT2D eigenvalue weighted by atomic mass is 16.3. The van der Waals surface area contributed by atoms with E-state index in [0.29, 0.717) is 19.3 Å². The molecule has 0 bridgehead atoms. The largest absolute Gasteiger partial charge is 0.386 e. The van der Waals surface area contributed by atoms with Gasteiger partial charge in [0.05, 0.1) is 5.60 Å². The lowest BCUT2D eigenvalue weighted by Gasteiger charge is -2.50. The Balaban J connectivity index is 2.94. The molecule has 3 atom stereocenters. The smallest absolute Gasteiger partial charge is 0.139 e. The normalized spacial score (nSPS) is 29.6. The van der Waals surface area contributed by atoms with Gasteiger partial charge in [-0.2, -0.15) is 0 Å². The third-order valence-corrected chi connectivity index (χ3v) is 5.95. The molecule has 0 aromatic carbocycles. The van der Waals surface area contributed by atoms with Crippen LogP contribution in [0.3, 0.4) is 0 Å². The number of carbonyl (C=O) groups is 2. The highest BCUT2D eigenvalue weighted by Crippen LogP contribution is 2.54. The van der Waals surface area contributed by atoms with Crippen molar-refractivity contribution < 1.29 is 14.7 Å². The van der Waals surface area contributed by atoms with E-state index in [1.54, 1.807) is 13.8 Å². The molecule has 0 aromatic heterocycles. The Morgan fingerprint density at radius 1 is 1.26 bits per heavy atom. The molecule has 3 nitrogen and oxygen atoms in total. The summed E-state index contributed by atoms with van der Waals surface area (Å²) in [6.07, 6.45) is 6.62. The molecule has 132 valence electrons. The van der Waals surface area contributed by atoms with E-state index in [1.807, 2.05) is 0 Å². The van der Waals surface area contributed by atoms with Crippen molar-refractivity contribution in [2.24, 2.45) is 16.7 Å². The summed E-state index contributed by atoms with van der Waals surface area (Å²) in [7, 11) is 0. The molecule has 0 amide bonds. The summed E-state index contributed by atoms with van der Waals surface area (Å²) >= 11 is 0. The summed E-state index contributed by atoms with van der Waals surface area (Å²) in [6, 6.07) is 0. The average Bonchev–Trinajstić information content (AvgIpc) is 2.43. The van der Waals surface area contributed by atoms with E-state index in [2.05, 4.69) is 27.4 Å². The number of ketones is 2. The Bertz CT molecular complexity index is 462. The molecule has 1 rings (SSSR count). The number of rotatable bonds is 8. The molecule has 1 unspecified atom stereocenters. The predicted molar refractivity (Wildman–Crippen MR) is 94.2 cm³/mol. The first-order valence-corrected chi connectivity index (χ1v) is 8.83. The lowest BCUT2D eigenvalue weighted by molar-refractivity contribution is -0.140. The van der Waals surface area contributed by atoms with Gasteiger partial charge in [-0.3, -0.25) is 4.79 Å². The summed E-state index contributed by atoms with van der Waals surface area (Å²) in [4.78, 5) is 24.4. The second kappa shape index (κ2) is 7.29. The number of aliphatic hydroxyl groups is 1. The topological polar surface area (TPSA) is 54.4 Å². The number of carbonyl (C=O) groups excluding carboxylic acids is 2. The third kappa shape index (κ3) is 5.00. The van der Waals surface area contributed by atoms with Gasteiger partial charge in [0, 0.05) is 18.3 Å². The molecular weight excluding hydrogens is 288 g/mol. The van der Waals surface area contributed by atoms with Crippen molar-refractivity contribution in [3.05, 3.63) is 12.7 Å². The molecule has 1 fully saturated rings. The Morgan fingerprint density at radius 3 is 2.39 bits per heavy atom. The van der Waals surface area contributed by atoms with Crippen molar-refractivity contribution in [2.45, 2.75) is 85.2 Å². The molecule has 0 aromatic rings. The van der Waals surface area contributed by atoms with E-state index in [-0.39, 0.29) is 22.9 Å². The van der Waals surface area contributed by atoms with Crippen LogP contribution in [-0.4, -0.2) is 22.3 Å². The van der Waals surface area contributed by atoms with Crippen LogP contribution in [0.5, 0.6) is 0 Å². The minimum Gasteiger partial charge on any atom is -0.386 e. The standard InChI is InChI=1S/C20H34O3/c1-7-19(5,23)14-11-17(22)20(6)13-8-12-18(3,4)16(20)10-9-15(2)21/h7,16,23H,1,8-14H2,2-6H3/t16-,19?,20+/m0/s1. The Labute approximate surface area is 141 Å². The molecule has 1 N–H and O–H groups in total. The first kappa shape index (κ1) is 20.1. The van der Waals surface area contributed by atoms with Gasteiger partial charge >= 0.3 is 0 Å². The van der Waals surface area contributed by atoms with Crippen LogP contribution in [0.25, 0.3) is 0 Å². The van der Waals surface area contributed by atoms with Gasteiger partial charge in [0.25, 0.3) is 0 Å². The highest BCUT2D eigenvalue weighted by molar-refractivity contribution is 5.85. The molecule has 3 heteroatoms. The first-order valence-electron chi connectivity index (χ1n) is 8.83. The maximum Gasteiger partial charge on any atom is 0.139 e. The van der Waals surface area contributed by atoms with Crippen LogP contribution in [0, 0.1) is 16.7 Å². The molecule has 0 saturated heterocycles. The Morgan fingerprint density at radius 2 is 1.87 bits per heavy atom. The van der Waals surface area contributed by atoms with E-state index in [9.17, 15) is 14.7 Å². The van der Waals surface area contributed by atoms with Gasteiger partial charge in [-0.15, -0.1) is 6.58 Å². The maximum atomic E-state index is 13.0. The van der Waals surface area contributed by atoms with Gasteiger partial charge in [0.2, 0.25) is 0 Å². The van der Waals surface area contributed by atoms with Crippen LogP contribution in [0.4, 0.5) is 0 Å². The fourth-order valence-corrected chi connectivity index (χ4v) is 4.27. The Hall–Kier alpha value is -0.960. The predicted octanol–water partition coefficient (Wildman–Crippen LogP) is 4.47. The van der Waals surface area contributed by atoms with E-state index >= 15 is 0 Å². The molecule has 1 aliphatic carbocycles. The van der Waals surface area contributed by atoms with Crippen molar-refractivity contribution in [3.8, 4) is 0 Å². The molecular formula is C20H34O3. The molecule has 1 aliphatic rings. The van der Waals surface area contributed by atoms with Gasteiger partial charge in [-0.25, -0.2) is 0 Å². The van der Waals surface area contributed by atoms with Gasteiger partial charge in [-0.1, -0.05) is 33.3 Å². The number of hydrogen-bond acceptors (Lipinski definition) is 3. The zero-order valence-electron chi connectivity index (χ0n) is 15.6. The lowest BCUT2D eigenvalue weighted by Crippen LogP contribution is -2.47. The van der Waals surface area contributed by atoms with Crippen LogP contribution in [-0.2, 0) is 9.59 Å². The molecule has 0 heterocycles. The van der Waals surface area contributed by atoms with Crippen molar-refractivity contribution in [2.75, 3.05) is 0 Å². The number of Topliss-reactive ketones (excluding diaryl/α,β-unsaturated/α-hetero) is 2. The highest BCUT2D eigenvalue weighted by Gasteiger charge is 2.49. The van der Waals surface area contributed by atoms with Gasteiger partial charge < -0.3 is 9.90 Å². The van der Waals surface area contributed by atoms with E-state index in [4.69, 9.17) is 0 Å². The molecule has 0 aliphatic heterocycles. The zero-order valence-corrected chi connectivity index (χ0v) is 15.6. The zero-order chi connectivity index (χ0) is 17.9. The minimum absolute atomic E-state index is 0.0685. The summed E-state index contributed by atoms with van der Waals surface area (Å²) in [6.45, 7) is 13.5. The monoisotopic (exact) mass is 322 g/mol. The summed E-state index contributed by atoms with van der Waals surface area (Å²) in [5.74, 6) is 0.630. The first-order chi connectivity index (χ1) is 10.4. The second-order valence-electron chi connectivity index (χ2n) is 8.54. The SMILES string of the molecule is C=CC(C)(O)CCC(=O)[C@]1(C)CCCC(C)(C)[C@@H]1CCC(C)=O. The molecule has 0 spiro atoms. The maximum absolute atomic E-state index is 13.0. The van der Waals surface area contributed by atoms with Crippen LogP contribution in [0.15, 0.2) is 12.7 Å². The van der Waals surface area contributed by atoms with Crippen LogP contribution < -0.4 is 0 Å². The summed E-state index contributed by atoms with van der Waals surface area (Å²) in [5.41, 5.74) is -1.32. The summed E-state index contributed by atoms with van der Waals surface area (Å²) < 4.78 is 0. The van der Waals surface area contributed by atoms with E-state index < -0.39 is 11.0 Å². The van der Waals surface area contributed by atoms with Gasteiger partial charge in [0.15, 0.2) is 0 Å². The van der Waals surface area contributed by atoms with Crippen molar-refractivity contribution in [1.82, 2.24) is 0 Å². The molecule has 23 heavy (non-hydrogen) atoms. The molecule has 1 saturated carbocycles. The quantitative estimate of drug-likeness (QED) is 0.671. The minimum atomic E-state index is -0.995. The van der Waals surface area contributed by atoms with Gasteiger partial charge in [-0.05, 0) is 50.9 Å². The fourth-order valence-electron chi connectivity index (χ4n) is 4.27. The van der Waals surface area contributed by atoms with Crippen molar-refractivity contribution in [1.29, 1.82) is 0 Å². The van der Waals surface area contributed by atoms with E-state index in [1.165, 1.54) is 6.08 Å². The van der Waals surface area contributed by atoms with E-state index in [0.717, 1.165) is 25.7 Å². The average molecular weight is 322 g/mol. The second-order valence-corrected chi connectivity index (χ2v) is 8.54. The van der Waals surface area contributed by atoms with Crippen LogP contribution in [0.2, 0.25) is 0 Å².